The van der Waals surface area contributed by atoms with Gasteiger partial charge in [0.2, 0.25) is 5.91 Å². The summed E-state index contributed by atoms with van der Waals surface area (Å²) in [4.78, 5) is 12.7. The Kier molecular flexibility index (Phi) is 8.38. The molecule has 0 unspecified atom stereocenters. The number of rotatable bonds is 8. The number of nitrogens with one attached hydrogen (secondary N) is 1. The van der Waals surface area contributed by atoms with E-state index in [9.17, 15) is 14.3 Å². The molecule has 0 bridgehead atoms. The summed E-state index contributed by atoms with van der Waals surface area (Å²) in [6.07, 6.45) is 1.17. The molecular weight excluding hydrogens is 481 g/mol. The van der Waals surface area contributed by atoms with Gasteiger partial charge < -0.3 is 15.2 Å². The number of ether oxygens (including phenoxy) is 1. The highest BCUT2D eigenvalue weighted by Crippen LogP contribution is 2.30. The molecule has 0 aliphatic carbocycles. The van der Waals surface area contributed by atoms with Crippen molar-refractivity contribution < 1.29 is 19.0 Å². The van der Waals surface area contributed by atoms with Gasteiger partial charge >= 0.3 is 0 Å². The van der Waals surface area contributed by atoms with Crippen molar-refractivity contribution in [2.75, 3.05) is 6.61 Å². The van der Waals surface area contributed by atoms with E-state index in [2.05, 4.69) is 10.4 Å². The van der Waals surface area contributed by atoms with Crippen LogP contribution in [0.3, 0.4) is 0 Å². The van der Waals surface area contributed by atoms with Gasteiger partial charge in [-0.25, -0.2) is 9.07 Å². The Hall–Kier alpha value is -3.42. The summed E-state index contributed by atoms with van der Waals surface area (Å²) in [5.41, 5.74) is 1.46. The third kappa shape index (κ3) is 5.86. The van der Waals surface area contributed by atoms with Crippen LogP contribution in [0.2, 0.25) is 5.02 Å². The minimum atomic E-state index is -0.930. The Morgan fingerprint density at radius 3 is 2.56 bits per heavy atom. The van der Waals surface area contributed by atoms with Crippen molar-refractivity contribution in [3.63, 3.8) is 0 Å². The lowest BCUT2D eigenvalue weighted by molar-refractivity contribution is -0.132. The summed E-state index contributed by atoms with van der Waals surface area (Å²) >= 11 is 6.24. The van der Waals surface area contributed by atoms with E-state index in [1.807, 2.05) is 37.3 Å². The topological polar surface area (TPSA) is 76.4 Å². The Labute approximate surface area is 215 Å². The van der Waals surface area contributed by atoms with Crippen LogP contribution in [0.1, 0.15) is 39.9 Å². The summed E-state index contributed by atoms with van der Waals surface area (Å²) in [5, 5.41) is 18.4. The highest BCUT2D eigenvalue weighted by Gasteiger charge is 2.31. The number of hydrogen-bond acceptors (Lipinski definition) is 4. The van der Waals surface area contributed by atoms with Crippen LogP contribution in [0.15, 0.2) is 72.9 Å². The van der Waals surface area contributed by atoms with Crippen LogP contribution in [0, 0.1) is 11.2 Å². The molecule has 0 aliphatic rings. The predicted molar refractivity (Wildman–Crippen MR) is 141 cm³/mol. The van der Waals surface area contributed by atoms with Crippen molar-refractivity contribution in [2.24, 2.45) is 5.41 Å². The molecule has 0 saturated carbocycles. The SMILES string of the molecule is C.C[C@H](NC(=O)C(C)(C)CO)[C@H](Oc1ccc2c(cnn2-c2ccc(F)cc2)c1)c1cccc(Cl)c1. The van der Waals surface area contributed by atoms with Gasteiger partial charge in [0.15, 0.2) is 0 Å². The van der Waals surface area contributed by atoms with Gasteiger partial charge in [-0.15, -0.1) is 0 Å². The number of halogens is 2. The van der Waals surface area contributed by atoms with Gasteiger partial charge in [0.1, 0.15) is 17.7 Å². The van der Waals surface area contributed by atoms with E-state index in [0.29, 0.717) is 10.8 Å². The van der Waals surface area contributed by atoms with E-state index in [4.69, 9.17) is 16.3 Å². The zero-order valence-corrected chi connectivity index (χ0v) is 20.5. The highest BCUT2D eigenvalue weighted by molar-refractivity contribution is 6.30. The van der Waals surface area contributed by atoms with Crippen LogP contribution in [0.5, 0.6) is 5.75 Å². The number of amides is 1. The van der Waals surface area contributed by atoms with Crippen LogP contribution < -0.4 is 10.1 Å². The van der Waals surface area contributed by atoms with Crippen molar-refractivity contribution >= 4 is 28.4 Å². The zero-order chi connectivity index (χ0) is 25.2. The molecule has 1 amide bonds. The molecule has 36 heavy (non-hydrogen) atoms. The highest BCUT2D eigenvalue weighted by atomic mass is 35.5. The normalized spacial score (nSPS) is 13.1. The first-order chi connectivity index (χ1) is 16.7. The molecule has 4 rings (SSSR count). The van der Waals surface area contributed by atoms with Gasteiger partial charge in [0.05, 0.1) is 35.5 Å². The smallest absolute Gasteiger partial charge is 0.228 e. The van der Waals surface area contributed by atoms with Crippen molar-refractivity contribution in [1.82, 2.24) is 15.1 Å². The molecular formula is C28H31ClFN3O3. The molecule has 2 atom stereocenters. The number of carbonyl (C=O) groups is 1. The fourth-order valence-electron chi connectivity index (χ4n) is 3.71. The molecule has 1 aromatic heterocycles. The molecule has 0 saturated heterocycles. The summed E-state index contributed by atoms with van der Waals surface area (Å²) in [6.45, 7) is 4.93. The average Bonchev–Trinajstić information content (AvgIpc) is 3.26. The van der Waals surface area contributed by atoms with Gasteiger partial charge in [0.25, 0.3) is 0 Å². The maximum Gasteiger partial charge on any atom is 0.228 e. The van der Waals surface area contributed by atoms with Gasteiger partial charge in [-0.2, -0.15) is 5.10 Å². The largest absolute Gasteiger partial charge is 0.484 e. The molecule has 6 nitrogen and oxygen atoms in total. The first-order valence-electron chi connectivity index (χ1n) is 11.3. The average molecular weight is 512 g/mol. The molecule has 1 heterocycles. The van der Waals surface area contributed by atoms with E-state index in [0.717, 1.165) is 22.2 Å². The number of aliphatic hydroxyl groups is 1. The number of hydrogen-bond donors (Lipinski definition) is 2. The van der Waals surface area contributed by atoms with Crippen molar-refractivity contribution in [3.05, 3.63) is 89.3 Å². The molecule has 4 aromatic rings. The van der Waals surface area contributed by atoms with Crippen LogP contribution in [0.25, 0.3) is 16.6 Å². The summed E-state index contributed by atoms with van der Waals surface area (Å²) in [6, 6.07) is 18.6. The van der Waals surface area contributed by atoms with Crippen LogP contribution in [-0.4, -0.2) is 33.4 Å². The minimum absolute atomic E-state index is 0. The van der Waals surface area contributed by atoms with Crippen LogP contribution in [0.4, 0.5) is 4.39 Å². The molecule has 190 valence electrons. The first kappa shape index (κ1) is 27.2. The van der Waals surface area contributed by atoms with Gasteiger partial charge in [0, 0.05) is 10.4 Å². The minimum Gasteiger partial charge on any atom is -0.484 e. The maximum atomic E-state index is 13.3. The van der Waals surface area contributed by atoms with Crippen molar-refractivity contribution in [2.45, 2.75) is 40.3 Å². The second-order valence-electron chi connectivity index (χ2n) is 9.15. The third-order valence-corrected chi connectivity index (χ3v) is 6.11. The lowest BCUT2D eigenvalue weighted by Crippen LogP contribution is -2.46. The van der Waals surface area contributed by atoms with Crippen molar-refractivity contribution in [3.8, 4) is 11.4 Å². The van der Waals surface area contributed by atoms with E-state index < -0.39 is 17.6 Å². The second kappa shape index (κ2) is 11.1. The summed E-state index contributed by atoms with van der Waals surface area (Å²) in [5.74, 6) is -0.000606. The molecule has 0 aliphatic heterocycles. The number of carbonyl (C=O) groups excluding carboxylic acids is 1. The Morgan fingerprint density at radius 1 is 1.17 bits per heavy atom. The predicted octanol–water partition coefficient (Wildman–Crippen LogP) is 6.10. The number of fused-ring (bicyclic) bond motifs is 1. The van der Waals surface area contributed by atoms with E-state index in [-0.39, 0.29) is 25.8 Å². The van der Waals surface area contributed by atoms with Gasteiger partial charge in [-0.1, -0.05) is 31.2 Å². The zero-order valence-electron chi connectivity index (χ0n) is 19.7. The lowest BCUT2D eigenvalue weighted by atomic mass is 9.92. The Bertz CT molecular complexity index is 1340. The molecule has 0 radical (unpaired) electrons. The summed E-state index contributed by atoms with van der Waals surface area (Å²) < 4.78 is 21.4. The van der Waals surface area contributed by atoms with Crippen molar-refractivity contribution in [1.29, 1.82) is 0 Å². The fourth-order valence-corrected chi connectivity index (χ4v) is 3.91. The molecule has 0 fully saturated rings. The lowest BCUT2D eigenvalue weighted by Gasteiger charge is -2.30. The van der Waals surface area contributed by atoms with E-state index in [1.165, 1.54) is 12.1 Å². The molecule has 8 heteroatoms. The van der Waals surface area contributed by atoms with Crippen LogP contribution >= 0.6 is 11.6 Å². The maximum absolute atomic E-state index is 13.3. The summed E-state index contributed by atoms with van der Waals surface area (Å²) in [7, 11) is 0. The van der Waals surface area contributed by atoms with E-state index >= 15 is 0 Å². The standard InChI is InChI=1S/C27H27ClFN3O3.CH4/c1-17(31-26(34)27(2,3)16-33)25(18-5-4-6-20(28)13-18)35-23-11-12-24-19(14-23)15-30-32(24)22-9-7-21(29)8-10-22;/h4-15,17,25,33H,16H2,1-3H3,(H,31,34);1H4/t17-,25-;/m0./s1. The molecule has 0 spiro atoms. The quantitative estimate of drug-likeness (QED) is 0.300. The number of nitrogens with zero attached hydrogens (tertiary/aromatic N) is 2. The van der Waals surface area contributed by atoms with Gasteiger partial charge in [-0.05, 0) is 80.9 Å². The third-order valence-electron chi connectivity index (χ3n) is 5.87. The monoisotopic (exact) mass is 511 g/mol. The number of aromatic nitrogens is 2. The number of aliphatic hydroxyl groups excluding tert-OH is 1. The number of benzene rings is 3. The molecule has 3 aromatic carbocycles. The van der Waals surface area contributed by atoms with Crippen LogP contribution in [-0.2, 0) is 4.79 Å². The fraction of sp³-hybridized carbons (Fsp3) is 0.286. The Balaban J connectivity index is 0.00000361. The first-order valence-corrected chi connectivity index (χ1v) is 11.6. The second-order valence-corrected chi connectivity index (χ2v) is 9.59. The van der Waals surface area contributed by atoms with E-state index in [1.54, 1.807) is 49.0 Å². The Morgan fingerprint density at radius 2 is 1.89 bits per heavy atom. The van der Waals surface area contributed by atoms with Gasteiger partial charge in [-0.3, -0.25) is 4.79 Å². The molecule has 2 N–H and O–H groups in total.